The van der Waals surface area contributed by atoms with E-state index in [1.807, 2.05) is 31.2 Å². The lowest BCUT2D eigenvalue weighted by atomic mass is 10.1. The molecule has 9 heteroatoms. The summed E-state index contributed by atoms with van der Waals surface area (Å²) < 4.78 is 13.5. The highest BCUT2D eigenvalue weighted by atomic mass is 79.9. The molecule has 3 aromatic carbocycles. The topological polar surface area (TPSA) is 84.9 Å². The zero-order valence-electron chi connectivity index (χ0n) is 19.5. The summed E-state index contributed by atoms with van der Waals surface area (Å²) in [6, 6.07) is 17.3. The zero-order valence-corrected chi connectivity index (χ0v) is 22.7. The summed E-state index contributed by atoms with van der Waals surface area (Å²) in [5, 5.41) is 2.25. The average Bonchev–Trinajstić information content (AvgIpc) is 2.83. The van der Waals surface area contributed by atoms with E-state index in [0.717, 1.165) is 19.4 Å². The normalized spacial score (nSPS) is 14.7. The first-order valence-corrected chi connectivity index (χ1v) is 12.7. The largest absolute Gasteiger partial charge is 0.490 e. The first kappa shape index (κ1) is 25.7. The van der Waals surface area contributed by atoms with Crippen LogP contribution in [0.15, 0.2) is 75.2 Å². The predicted octanol–water partition coefficient (Wildman–Crippen LogP) is 6.16. The number of carbonyl (C=O) groups is 3. The van der Waals surface area contributed by atoms with Gasteiger partial charge in [0.05, 0.1) is 12.3 Å². The van der Waals surface area contributed by atoms with Crippen LogP contribution in [0.25, 0.3) is 6.08 Å². The molecule has 0 aromatic heterocycles. The zero-order chi connectivity index (χ0) is 25.8. The van der Waals surface area contributed by atoms with E-state index in [2.05, 4.69) is 37.2 Å². The minimum Gasteiger partial charge on any atom is -0.490 e. The third-order valence-electron chi connectivity index (χ3n) is 5.42. The molecule has 36 heavy (non-hydrogen) atoms. The fourth-order valence-electron chi connectivity index (χ4n) is 3.69. The minimum absolute atomic E-state index is 0.166. The summed E-state index contributed by atoms with van der Waals surface area (Å²) in [5.74, 6) is -0.472. The number of anilines is 1. The highest BCUT2D eigenvalue weighted by Gasteiger charge is 2.37. The van der Waals surface area contributed by atoms with E-state index in [0.29, 0.717) is 41.5 Å². The summed E-state index contributed by atoms with van der Waals surface area (Å²) in [6.07, 6.45) is 1.44. The second-order valence-corrected chi connectivity index (χ2v) is 9.68. The smallest absolute Gasteiger partial charge is 0.335 e. The number of aryl methyl sites for hydroxylation is 1. The van der Waals surface area contributed by atoms with Crippen molar-refractivity contribution in [3.8, 4) is 11.5 Å². The Morgan fingerprint density at radius 3 is 2.44 bits per heavy atom. The highest BCUT2D eigenvalue weighted by molar-refractivity contribution is 9.10. The van der Waals surface area contributed by atoms with Gasteiger partial charge >= 0.3 is 6.03 Å². The van der Waals surface area contributed by atoms with Crippen molar-refractivity contribution in [2.75, 3.05) is 11.5 Å². The second-order valence-electron chi connectivity index (χ2n) is 7.91. The second kappa shape index (κ2) is 11.1. The van der Waals surface area contributed by atoms with Gasteiger partial charge in [0.25, 0.3) is 11.8 Å². The maximum absolute atomic E-state index is 13.3. The molecule has 4 rings (SSSR count). The van der Waals surface area contributed by atoms with Crippen molar-refractivity contribution in [2.24, 2.45) is 0 Å². The van der Waals surface area contributed by atoms with Gasteiger partial charge in [-0.3, -0.25) is 14.9 Å². The molecule has 4 amide bonds. The Balaban J connectivity index is 1.63. The van der Waals surface area contributed by atoms with E-state index in [-0.39, 0.29) is 5.57 Å². The van der Waals surface area contributed by atoms with E-state index in [9.17, 15) is 14.4 Å². The van der Waals surface area contributed by atoms with E-state index in [1.54, 1.807) is 43.3 Å². The average molecular weight is 614 g/mol. The number of imide groups is 2. The third kappa shape index (κ3) is 5.52. The summed E-state index contributed by atoms with van der Waals surface area (Å²) in [7, 11) is 0. The number of amides is 4. The van der Waals surface area contributed by atoms with Crippen LogP contribution in [0.1, 0.15) is 23.6 Å². The molecule has 1 heterocycles. The Morgan fingerprint density at radius 2 is 1.72 bits per heavy atom. The maximum Gasteiger partial charge on any atom is 0.335 e. The Morgan fingerprint density at radius 1 is 0.944 bits per heavy atom. The van der Waals surface area contributed by atoms with Crippen LogP contribution in [0, 0.1) is 6.92 Å². The van der Waals surface area contributed by atoms with Crippen LogP contribution in [-0.4, -0.2) is 24.5 Å². The quantitative estimate of drug-likeness (QED) is 0.255. The molecule has 0 aliphatic carbocycles. The molecule has 0 atom stereocenters. The molecular formula is C27H22Br2N2O5. The van der Waals surface area contributed by atoms with Gasteiger partial charge in [-0.05, 0) is 67.4 Å². The van der Waals surface area contributed by atoms with Gasteiger partial charge in [0, 0.05) is 14.5 Å². The van der Waals surface area contributed by atoms with Crippen LogP contribution < -0.4 is 19.7 Å². The fraction of sp³-hybridized carbons (Fsp3) is 0.148. The number of rotatable bonds is 7. The van der Waals surface area contributed by atoms with E-state index in [4.69, 9.17) is 9.47 Å². The lowest BCUT2D eigenvalue weighted by Gasteiger charge is -2.27. The van der Waals surface area contributed by atoms with Gasteiger partial charge in [0.2, 0.25) is 0 Å². The van der Waals surface area contributed by atoms with Gasteiger partial charge in [-0.25, -0.2) is 9.69 Å². The lowest BCUT2D eigenvalue weighted by Crippen LogP contribution is -2.54. The number of urea groups is 1. The van der Waals surface area contributed by atoms with Crippen LogP contribution in [0.3, 0.4) is 0 Å². The molecule has 0 unspecified atom stereocenters. The van der Waals surface area contributed by atoms with Gasteiger partial charge < -0.3 is 9.47 Å². The molecular weight excluding hydrogens is 592 g/mol. The third-order valence-corrected chi connectivity index (χ3v) is 6.69. The van der Waals surface area contributed by atoms with Gasteiger partial charge in [0.15, 0.2) is 11.5 Å². The number of hydrogen-bond acceptors (Lipinski definition) is 5. The van der Waals surface area contributed by atoms with Gasteiger partial charge in [0.1, 0.15) is 12.2 Å². The van der Waals surface area contributed by atoms with E-state index in [1.165, 1.54) is 6.08 Å². The number of barbiturate groups is 1. The number of nitrogens with zero attached hydrogens (tertiary/aromatic N) is 1. The summed E-state index contributed by atoms with van der Waals surface area (Å²) in [6.45, 7) is 4.36. The van der Waals surface area contributed by atoms with Crippen molar-refractivity contribution in [2.45, 2.75) is 20.5 Å². The van der Waals surface area contributed by atoms with Crippen LogP contribution in [0.2, 0.25) is 0 Å². The van der Waals surface area contributed by atoms with Crippen molar-refractivity contribution >= 4 is 61.5 Å². The van der Waals surface area contributed by atoms with Crippen molar-refractivity contribution in [3.63, 3.8) is 0 Å². The fourth-order valence-corrected chi connectivity index (χ4v) is 4.56. The van der Waals surface area contributed by atoms with Crippen molar-refractivity contribution in [1.29, 1.82) is 0 Å². The molecule has 0 radical (unpaired) electrons. The lowest BCUT2D eigenvalue weighted by molar-refractivity contribution is -0.122. The number of hydrogen-bond donors (Lipinski definition) is 1. The maximum atomic E-state index is 13.3. The Hall–Kier alpha value is -3.43. The van der Waals surface area contributed by atoms with Crippen molar-refractivity contribution in [1.82, 2.24) is 5.32 Å². The molecule has 1 aliphatic heterocycles. The molecule has 0 spiro atoms. The summed E-state index contributed by atoms with van der Waals surface area (Å²) in [4.78, 5) is 39.4. The predicted molar refractivity (Wildman–Crippen MR) is 144 cm³/mol. The number of carbonyl (C=O) groups excluding carboxylic acids is 3. The molecule has 1 N–H and O–H groups in total. The molecule has 0 saturated carbocycles. The van der Waals surface area contributed by atoms with Crippen LogP contribution in [0.4, 0.5) is 10.5 Å². The molecule has 3 aromatic rings. The number of nitrogens with one attached hydrogen (secondary N) is 1. The molecule has 184 valence electrons. The molecule has 7 nitrogen and oxygen atoms in total. The molecule has 0 bridgehead atoms. The molecule has 1 saturated heterocycles. The Labute approximate surface area is 225 Å². The van der Waals surface area contributed by atoms with Crippen LogP contribution in [0.5, 0.6) is 11.5 Å². The van der Waals surface area contributed by atoms with E-state index < -0.39 is 17.8 Å². The van der Waals surface area contributed by atoms with Crippen molar-refractivity contribution < 1.29 is 23.9 Å². The number of benzene rings is 3. The standard InChI is InChI=1S/C27H22Br2N2O5/c1-3-35-24-14-17(8-11-23(24)36-15-18-6-4-5-7-21(18)29)13-20-25(32)30-27(34)31(26(20)33)22-10-9-19(28)12-16(22)2/h4-14H,3,15H2,1-2H3,(H,30,32,34)/b20-13-. The summed E-state index contributed by atoms with van der Waals surface area (Å²) in [5.41, 5.74) is 2.45. The van der Waals surface area contributed by atoms with E-state index >= 15 is 0 Å². The monoisotopic (exact) mass is 612 g/mol. The number of halogens is 2. The first-order valence-electron chi connectivity index (χ1n) is 11.1. The van der Waals surface area contributed by atoms with Crippen LogP contribution in [-0.2, 0) is 16.2 Å². The molecule has 1 fully saturated rings. The highest BCUT2D eigenvalue weighted by Crippen LogP contribution is 2.32. The van der Waals surface area contributed by atoms with Crippen LogP contribution >= 0.6 is 31.9 Å². The van der Waals surface area contributed by atoms with Gasteiger partial charge in [-0.2, -0.15) is 0 Å². The Kier molecular flexibility index (Phi) is 7.91. The van der Waals surface area contributed by atoms with Crippen molar-refractivity contribution in [3.05, 3.63) is 91.9 Å². The van der Waals surface area contributed by atoms with Gasteiger partial charge in [-0.1, -0.05) is 56.1 Å². The first-order chi connectivity index (χ1) is 17.3. The summed E-state index contributed by atoms with van der Waals surface area (Å²) >= 11 is 6.89. The minimum atomic E-state index is -0.793. The number of ether oxygens (including phenoxy) is 2. The SMILES string of the molecule is CCOc1cc(/C=C2/C(=O)NC(=O)N(c3ccc(Br)cc3C)C2=O)ccc1OCc1ccccc1Br. The van der Waals surface area contributed by atoms with Gasteiger partial charge in [-0.15, -0.1) is 0 Å². The molecule has 1 aliphatic rings. The Bertz CT molecular complexity index is 1390.